The summed E-state index contributed by atoms with van der Waals surface area (Å²) in [7, 11) is 0. The molecule has 1 heterocycles. The van der Waals surface area contributed by atoms with E-state index >= 15 is 0 Å². The molecule has 0 amide bonds. The highest BCUT2D eigenvalue weighted by Gasteiger charge is 2.36. The van der Waals surface area contributed by atoms with Gasteiger partial charge in [0.15, 0.2) is 0 Å². The van der Waals surface area contributed by atoms with Crippen LogP contribution in [0.5, 0.6) is 11.6 Å². The normalized spacial score (nSPS) is 11.2. The molecule has 0 radical (unpaired) electrons. The van der Waals surface area contributed by atoms with Crippen molar-refractivity contribution in [2.24, 2.45) is 0 Å². The summed E-state index contributed by atoms with van der Waals surface area (Å²) in [6, 6.07) is 0.832. The summed E-state index contributed by atoms with van der Waals surface area (Å²) in [5.41, 5.74) is -0.138. The van der Waals surface area contributed by atoms with Gasteiger partial charge in [0.1, 0.15) is 0 Å². The molecule has 1 N–H and O–H groups in total. The topological polar surface area (TPSA) is 85.5 Å². The minimum atomic E-state index is -5.08. The van der Waals surface area contributed by atoms with E-state index in [1.54, 1.807) is 0 Å². The Kier molecular flexibility index (Phi) is 2.88. The Morgan fingerprint density at radius 2 is 2.12 bits per heavy atom. The van der Waals surface area contributed by atoms with Gasteiger partial charge in [-0.25, -0.2) is 0 Å². The number of aryl methyl sites for hydroxylation is 1. The average Bonchev–Trinajstić information content (AvgIpc) is 2.10. The summed E-state index contributed by atoms with van der Waals surface area (Å²) in [5.74, 6) is -2.96. The number of hydrogen-bond acceptors (Lipinski definition) is 5. The van der Waals surface area contributed by atoms with Crippen molar-refractivity contribution >= 4 is 5.82 Å². The largest absolute Gasteiger partial charge is 0.575 e. The molecular formula is C7H5F3N2O4. The Hall–Kier alpha value is -2.06. The van der Waals surface area contributed by atoms with Crippen LogP contribution in [0.2, 0.25) is 0 Å². The quantitative estimate of drug-likeness (QED) is 0.628. The number of hydrogen-bond donors (Lipinski definition) is 1. The number of alkyl halides is 3. The van der Waals surface area contributed by atoms with Gasteiger partial charge in [0.2, 0.25) is 5.75 Å². The molecule has 0 bridgehead atoms. The van der Waals surface area contributed by atoms with Crippen LogP contribution in [0, 0.1) is 17.0 Å². The van der Waals surface area contributed by atoms with E-state index in [2.05, 4.69) is 9.72 Å². The number of pyridine rings is 1. The summed E-state index contributed by atoms with van der Waals surface area (Å²) in [6.07, 6.45) is -5.08. The molecule has 0 saturated carbocycles. The number of rotatable bonds is 2. The van der Waals surface area contributed by atoms with Gasteiger partial charge in [-0.1, -0.05) is 0 Å². The van der Waals surface area contributed by atoms with E-state index in [0.717, 1.165) is 6.07 Å². The smallest absolute Gasteiger partial charge is 0.501 e. The summed E-state index contributed by atoms with van der Waals surface area (Å²) < 4.78 is 38.9. The van der Waals surface area contributed by atoms with Crippen molar-refractivity contribution in [2.75, 3.05) is 0 Å². The van der Waals surface area contributed by atoms with Crippen molar-refractivity contribution in [3.8, 4) is 11.6 Å². The Labute approximate surface area is 86.4 Å². The van der Waals surface area contributed by atoms with Gasteiger partial charge in [-0.3, -0.25) is 0 Å². The molecule has 16 heavy (non-hydrogen) atoms. The third-order valence-corrected chi connectivity index (χ3v) is 1.54. The van der Waals surface area contributed by atoms with Crippen LogP contribution in [0.3, 0.4) is 0 Å². The van der Waals surface area contributed by atoms with Crippen molar-refractivity contribution in [3.05, 3.63) is 21.7 Å². The predicted molar refractivity (Wildman–Crippen MR) is 44.0 cm³/mol. The number of nitro groups is 1. The molecule has 1 aromatic heterocycles. The monoisotopic (exact) mass is 238 g/mol. The van der Waals surface area contributed by atoms with Crippen molar-refractivity contribution in [2.45, 2.75) is 13.3 Å². The van der Waals surface area contributed by atoms with Crippen molar-refractivity contribution in [1.29, 1.82) is 0 Å². The molecular weight excluding hydrogens is 233 g/mol. The maximum atomic E-state index is 11.8. The average molecular weight is 238 g/mol. The molecule has 6 nitrogen and oxygen atoms in total. The molecule has 0 fully saturated rings. The van der Waals surface area contributed by atoms with Crippen LogP contribution in [0.15, 0.2) is 6.07 Å². The summed E-state index contributed by atoms with van der Waals surface area (Å²) in [4.78, 5) is 12.2. The predicted octanol–water partition coefficient (Wildman–Crippen LogP) is 1.90. The van der Waals surface area contributed by atoms with Gasteiger partial charge in [-0.2, -0.15) is 0 Å². The first-order valence-electron chi connectivity index (χ1n) is 3.81. The maximum Gasteiger partial charge on any atom is 0.575 e. The SMILES string of the molecule is Cc1cc([N+](=O)[O-])nc(OC(F)(F)F)c1O. The fourth-order valence-electron chi connectivity index (χ4n) is 0.894. The Balaban J connectivity index is 3.22. The Bertz CT molecular complexity index is 432. The van der Waals surface area contributed by atoms with Gasteiger partial charge in [0.05, 0.1) is 0 Å². The lowest BCUT2D eigenvalue weighted by Crippen LogP contribution is -2.18. The van der Waals surface area contributed by atoms with E-state index in [-0.39, 0.29) is 5.56 Å². The molecule has 0 aliphatic heterocycles. The molecule has 0 unspecified atom stereocenters. The highest BCUT2D eigenvalue weighted by atomic mass is 19.4. The zero-order chi connectivity index (χ0) is 12.5. The van der Waals surface area contributed by atoms with Gasteiger partial charge in [-0.05, 0) is 11.8 Å². The number of aromatic hydroxyl groups is 1. The molecule has 0 aromatic carbocycles. The molecule has 1 aromatic rings. The third kappa shape index (κ3) is 2.72. The summed E-state index contributed by atoms with van der Waals surface area (Å²) in [6.45, 7) is 1.19. The highest BCUT2D eigenvalue weighted by Crippen LogP contribution is 2.34. The summed E-state index contributed by atoms with van der Waals surface area (Å²) in [5, 5.41) is 19.5. The zero-order valence-electron chi connectivity index (χ0n) is 7.78. The first-order valence-corrected chi connectivity index (χ1v) is 3.81. The van der Waals surface area contributed by atoms with Gasteiger partial charge in [0.25, 0.3) is 0 Å². The number of nitrogens with zero attached hydrogens (tertiary/aromatic N) is 2. The third-order valence-electron chi connectivity index (χ3n) is 1.54. The van der Waals surface area contributed by atoms with Gasteiger partial charge in [-0.15, -0.1) is 13.2 Å². The van der Waals surface area contributed by atoms with E-state index in [1.807, 2.05) is 0 Å². The van der Waals surface area contributed by atoms with E-state index in [0.29, 0.717) is 0 Å². The molecule has 0 spiro atoms. The lowest BCUT2D eigenvalue weighted by Gasteiger charge is -2.07. The molecule has 0 aliphatic carbocycles. The molecule has 88 valence electrons. The fraction of sp³-hybridized carbons (Fsp3) is 0.286. The second kappa shape index (κ2) is 3.83. The molecule has 0 atom stereocenters. The minimum absolute atomic E-state index is 0.138. The molecule has 1 rings (SSSR count). The second-order valence-corrected chi connectivity index (χ2v) is 2.76. The zero-order valence-corrected chi connectivity index (χ0v) is 7.78. The van der Waals surface area contributed by atoms with Crippen LogP contribution in [-0.4, -0.2) is 21.4 Å². The van der Waals surface area contributed by atoms with Crippen LogP contribution in [-0.2, 0) is 0 Å². The standard InChI is InChI=1S/C7H5F3N2O4/c1-3-2-4(12(14)15)11-6(5(3)13)16-7(8,9)10/h2,13H,1H3. The molecule has 9 heteroatoms. The number of aromatic nitrogens is 1. The van der Waals surface area contributed by atoms with E-state index < -0.39 is 28.7 Å². The lowest BCUT2D eigenvalue weighted by molar-refractivity contribution is -0.390. The van der Waals surface area contributed by atoms with E-state index in [9.17, 15) is 23.3 Å². The highest BCUT2D eigenvalue weighted by molar-refractivity contribution is 5.45. The second-order valence-electron chi connectivity index (χ2n) is 2.76. The molecule has 0 saturated heterocycles. The summed E-state index contributed by atoms with van der Waals surface area (Å²) >= 11 is 0. The molecule has 0 aliphatic rings. The first kappa shape index (κ1) is 12.0. The van der Waals surface area contributed by atoms with Gasteiger partial charge < -0.3 is 20.0 Å². The van der Waals surface area contributed by atoms with Crippen molar-refractivity contribution in [3.63, 3.8) is 0 Å². The van der Waals surface area contributed by atoms with E-state index in [1.165, 1.54) is 6.92 Å². The van der Waals surface area contributed by atoms with Crippen LogP contribution in [0.4, 0.5) is 19.0 Å². The lowest BCUT2D eigenvalue weighted by atomic mass is 10.2. The van der Waals surface area contributed by atoms with Crippen LogP contribution < -0.4 is 4.74 Å². The fourth-order valence-corrected chi connectivity index (χ4v) is 0.894. The van der Waals surface area contributed by atoms with Crippen LogP contribution in [0.1, 0.15) is 5.56 Å². The Morgan fingerprint density at radius 1 is 1.56 bits per heavy atom. The minimum Gasteiger partial charge on any atom is -0.501 e. The number of ether oxygens (including phenoxy) is 1. The maximum absolute atomic E-state index is 11.8. The first-order chi connectivity index (χ1) is 7.20. The van der Waals surface area contributed by atoms with Crippen LogP contribution in [0.25, 0.3) is 0 Å². The Morgan fingerprint density at radius 3 is 2.56 bits per heavy atom. The van der Waals surface area contributed by atoms with E-state index in [4.69, 9.17) is 5.11 Å². The van der Waals surface area contributed by atoms with Crippen molar-refractivity contribution < 1.29 is 27.9 Å². The van der Waals surface area contributed by atoms with Gasteiger partial charge in [0, 0.05) is 16.6 Å². The van der Waals surface area contributed by atoms with Crippen LogP contribution >= 0.6 is 0 Å². The van der Waals surface area contributed by atoms with Crippen molar-refractivity contribution in [1.82, 2.24) is 4.98 Å². The van der Waals surface area contributed by atoms with Gasteiger partial charge >= 0.3 is 18.1 Å². The number of halogens is 3.